The van der Waals surface area contributed by atoms with Crippen LogP contribution in [0, 0.1) is 0 Å². The number of pyridine rings is 1. The van der Waals surface area contributed by atoms with Crippen LogP contribution in [-0.2, 0) is 0 Å². The van der Waals surface area contributed by atoms with E-state index >= 15 is 0 Å². The number of aromatic nitrogens is 1. The van der Waals surface area contributed by atoms with Crippen molar-refractivity contribution in [2.45, 2.75) is 44.8 Å². The second-order valence-corrected chi connectivity index (χ2v) is 7.95. The quantitative estimate of drug-likeness (QED) is 0.419. The third kappa shape index (κ3) is 2.15. The second-order valence-electron chi connectivity index (χ2n) is 7.95. The fourth-order valence-corrected chi connectivity index (χ4v) is 5.24. The lowest BCUT2D eigenvalue weighted by molar-refractivity contribution is 0.553. The first-order valence-corrected chi connectivity index (χ1v) is 10.3. The number of fused-ring (bicyclic) bond motifs is 4. The van der Waals surface area contributed by atoms with Gasteiger partial charge in [0.15, 0.2) is 5.58 Å². The van der Waals surface area contributed by atoms with E-state index < -0.39 is 0 Å². The van der Waals surface area contributed by atoms with E-state index in [2.05, 4.69) is 70.2 Å². The highest BCUT2D eigenvalue weighted by Gasteiger charge is 2.39. The average molecular weight is 369 g/mol. The van der Waals surface area contributed by atoms with Crippen molar-refractivity contribution in [2.24, 2.45) is 0 Å². The van der Waals surface area contributed by atoms with Gasteiger partial charge in [0.1, 0.15) is 6.17 Å². The molecule has 1 aliphatic carbocycles. The molecule has 3 heterocycles. The second kappa shape index (κ2) is 5.99. The van der Waals surface area contributed by atoms with Crippen LogP contribution in [0.1, 0.15) is 32.6 Å². The lowest BCUT2D eigenvalue weighted by atomic mass is 10.1. The zero-order chi connectivity index (χ0) is 18.7. The van der Waals surface area contributed by atoms with Gasteiger partial charge in [-0.25, -0.2) is 4.98 Å². The van der Waals surface area contributed by atoms with Gasteiger partial charge in [-0.3, -0.25) is 0 Å². The summed E-state index contributed by atoms with van der Waals surface area (Å²) >= 11 is 0. The van der Waals surface area contributed by atoms with Crippen LogP contribution in [0.2, 0.25) is 0 Å². The van der Waals surface area contributed by atoms with E-state index in [9.17, 15) is 0 Å². The highest BCUT2D eigenvalue weighted by molar-refractivity contribution is 6.09. The standard InChI is InChI=1S/C24H23N3O/c1-16-26(17-8-2-3-9-17)20-12-4-5-13-21(20)27(16)22-14-6-10-18-19-11-7-15-25-24(19)28-23(18)22/h4-7,10-17H,2-3,8-9H2,1H3/t16-/m0/s1. The van der Waals surface area contributed by atoms with Crippen LogP contribution in [0.5, 0.6) is 0 Å². The summed E-state index contributed by atoms with van der Waals surface area (Å²) in [5, 5.41) is 2.21. The molecule has 1 atom stereocenters. The Morgan fingerprint density at radius 3 is 2.46 bits per heavy atom. The number of hydrogen-bond donors (Lipinski definition) is 0. The van der Waals surface area contributed by atoms with Crippen molar-refractivity contribution in [3.63, 3.8) is 0 Å². The van der Waals surface area contributed by atoms with Gasteiger partial charge in [-0.15, -0.1) is 0 Å². The molecule has 1 fully saturated rings. The number of hydrogen-bond acceptors (Lipinski definition) is 4. The van der Waals surface area contributed by atoms with Crippen LogP contribution >= 0.6 is 0 Å². The molecule has 2 aromatic heterocycles. The van der Waals surface area contributed by atoms with E-state index in [1.54, 1.807) is 6.20 Å². The molecule has 0 radical (unpaired) electrons. The number of nitrogens with zero attached hydrogens (tertiary/aromatic N) is 3. The first-order valence-electron chi connectivity index (χ1n) is 10.3. The molecule has 1 aliphatic heterocycles. The largest absolute Gasteiger partial charge is 0.436 e. The van der Waals surface area contributed by atoms with Crippen LogP contribution in [0.25, 0.3) is 22.1 Å². The van der Waals surface area contributed by atoms with E-state index in [0.29, 0.717) is 11.8 Å². The van der Waals surface area contributed by atoms with Crippen molar-refractivity contribution >= 4 is 39.1 Å². The maximum absolute atomic E-state index is 6.25. The number of furan rings is 1. The Balaban J connectivity index is 1.56. The summed E-state index contributed by atoms with van der Waals surface area (Å²) in [5.74, 6) is 0. The van der Waals surface area contributed by atoms with Gasteiger partial charge < -0.3 is 14.2 Å². The molecule has 2 aliphatic rings. The zero-order valence-electron chi connectivity index (χ0n) is 16.0. The Morgan fingerprint density at radius 2 is 1.61 bits per heavy atom. The highest BCUT2D eigenvalue weighted by Crippen LogP contribution is 2.49. The van der Waals surface area contributed by atoms with E-state index in [1.165, 1.54) is 37.1 Å². The lowest BCUT2D eigenvalue weighted by Gasteiger charge is -2.34. The van der Waals surface area contributed by atoms with Crippen LogP contribution in [0.15, 0.2) is 65.2 Å². The smallest absolute Gasteiger partial charge is 0.227 e. The molecule has 140 valence electrons. The van der Waals surface area contributed by atoms with Crippen LogP contribution in [0.3, 0.4) is 0 Å². The Bertz CT molecular complexity index is 1170. The van der Waals surface area contributed by atoms with Crippen molar-refractivity contribution in [2.75, 3.05) is 9.80 Å². The molecule has 28 heavy (non-hydrogen) atoms. The van der Waals surface area contributed by atoms with E-state index in [4.69, 9.17) is 4.42 Å². The summed E-state index contributed by atoms with van der Waals surface area (Å²) in [6.45, 7) is 2.32. The zero-order valence-corrected chi connectivity index (χ0v) is 16.0. The number of benzene rings is 2. The van der Waals surface area contributed by atoms with Crippen molar-refractivity contribution in [3.8, 4) is 0 Å². The molecule has 0 spiro atoms. The fourth-order valence-electron chi connectivity index (χ4n) is 5.24. The van der Waals surface area contributed by atoms with Gasteiger partial charge in [0.05, 0.1) is 17.1 Å². The minimum Gasteiger partial charge on any atom is -0.436 e. The first kappa shape index (κ1) is 16.0. The van der Waals surface area contributed by atoms with Gasteiger partial charge in [0.2, 0.25) is 5.71 Å². The van der Waals surface area contributed by atoms with Gasteiger partial charge in [-0.05, 0) is 50.1 Å². The molecule has 0 amide bonds. The van der Waals surface area contributed by atoms with Crippen molar-refractivity contribution < 1.29 is 4.42 Å². The van der Waals surface area contributed by atoms with Crippen LogP contribution in [-0.4, -0.2) is 17.2 Å². The molecule has 1 saturated carbocycles. The summed E-state index contributed by atoms with van der Waals surface area (Å²) < 4.78 is 6.25. The van der Waals surface area contributed by atoms with E-state index in [0.717, 1.165) is 22.0 Å². The average Bonchev–Trinajstić information content (AvgIpc) is 3.43. The fraction of sp³-hybridized carbons (Fsp3) is 0.292. The first-order chi connectivity index (χ1) is 13.8. The van der Waals surface area contributed by atoms with Gasteiger partial charge in [-0.1, -0.05) is 37.1 Å². The third-order valence-corrected chi connectivity index (χ3v) is 6.43. The van der Waals surface area contributed by atoms with Crippen LogP contribution < -0.4 is 9.80 Å². The van der Waals surface area contributed by atoms with E-state index in [-0.39, 0.29) is 6.17 Å². The molecule has 2 aromatic carbocycles. The molecule has 4 aromatic rings. The number of para-hydroxylation sites is 3. The van der Waals surface area contributed by atoms with Gasteiger partial charge in [0.25, 0.3) is 0 Å². The van der Waals surface area contributed by atoms with Gasteiger partial charge in [0, 0.05) is 23.0 Å². The molecule has 0 unspecified atom stereocenters. The van der Waals surface area contributed by atoms with Crippen LogP contribution in [0.4, 0.5) is 17.1 Å². The molecule has 6 rings (SSSR count). The SMILES string of the molecule is C[C@@H]1N(c2cccc3c2oc2ncccc23)c2ccccc2N1C1CCCC1. The van der Waals surface area contributed by atoms with Crippen molar-refractivity contribution in [1.82, 2.24) is 4.98 Å². The Labute approximate surface area is 164 Å². The maximum atomic E-state index is 6.25. The molecular formula is C24H23N3O. The predicted molar refractivity (Wildman–Crippen MR) is 114 cm³/mol. The minimum atomic E-state index is 0.257. The summed E-state index contributed by atoms with van der Waals surface area (Å²) in [5.41, 5.74) is 5.36. The number of anilines is 3. The third-order valence-electron chi connectivity index (χ3n) is 6.43. The summed E-state index contributed by atoms with van der Waals surface area (Å²) in [4.78, 5) is 9.50. The monoisotopic (exact) mass is 369 g/mol. The molecule has 4 nitrogen and oxygen atoms in total. The Kier molecular flexibility index (Phi) is 3.42. The summed E-state index contributed by atoms with van der Waals surface area (Å²) in [7, 11) is 0. The minimum absolute atomic E-state index is 0.257. The molecule has 0 bridgehead atoms. The lowest BCUT2D eigenvalue weighted by Crippen LogP contribution is -2.43. The van der Waals surface area contributed by atoms with Gasteiger partial charge in [-0.2, -0.15) is 0 Å². The molecule has 0 saturated heterocycles. The maximum Gasteiger partial charge on any atom is 0.227 e. The summed E-state index contributed by atoms with van der Waals surface area (Å²) in [6, 6.07) is 19.9. The molecule has 0 N–H and O–H groups in total. The molecular weight excluding hydrogens is 346 g/mol. The topological polar surface area (TPSA) is 32.5 Å². The Morgan fingerprint density at radius 1 is 0.857 bits per heavy atom. The van der Waals surface area contributed by atoms with Crippen molar-refractivity contribution in [3.05, 3.63) is 60.8 Å². The highest BCUT2D eigenvalue weighted by atomic mass is 16.3. The predicted octanol–water partition coefficient (Wildman–Crippen LogP) is 6.23. The van der Waals surface area contributed by atoms with Crippen molar-refractivity contribution in [1.29, 1.82) is 0 Å². The Hall–Kier alpha value is -3.01. The number of rotatable bonds is 2. The normalized spacial score (nSPS) is 19.8. The summed E-state index contributed by atoms with van der Waals surface area (Å²) in [6.07, 6.45) is 7.28. The van der Waals surface area contributed by atoms with E-state index in [1.807, 2.05) is 6.07 Å². The molecule has 4 heteroatoms. The van der Waals surface area contributed by atoms with Gasteiger partial charge >= 0.3 is 0 Å².